The standard InChI is InChI=1S/C18H16ClNO/c1-12(20)14-9-10-18(16(19)11-14)21-17-8-4-6-13-5-2-3-7-15(13)17/h2-12H,20H2,1H3/t12-/m1/s1. The summed E-state index contributed by atoms with van der Waals surface area (Å²) in [6.45, 7) is 1.93. The Labute approximate surface area is 129 Å². The minimum absolute atomic E-state index is 0.0471. The van der Waals surface area contributed by atoms with Gasteiger partial charge in [-0.25, -0.2) is 0 Å². The lowest BCUT2D eigenvalue weighted by atomic mass is 10.1. The number of hydrogen-bond donors (Lipinski definition) is 1. The monoisotopic (exact) mass is 297 g/mol. The van der Waals surface area contributed by atoms with E-state index in [4.69, 9.17) is 22.1 Å². The summed E-state index contributed by atoms with van der Waals surface area (Å²) in [5.41, 5.74) is 6.85. The Morgan fingerprint density at radius 1 is 0.952 bits per heavy atom. The molecular weight excluding hydrogens is 282 g/mol. The predicted molar refractivity (Wildman–Crippen MR) is 88.1 cm³/mol. The van der Waals surface area contributed by atoms with Gasteiger partial charge in [-0.2, -0.15) is 0 Å². The highest BCUT2D eigenvalue weighted by atomic mass is 35.5. The van der Waals surface area contributed by atoms with Crippen LogP contribution in [0.2, 0.25) is 5.02 Å². The number of fused-ring (bicyclic) bond motifs is 1. The average Bonchev–Trinajstić information content (AvgIpc) is 2.49. The molecule has 0 aromatic heterocycles. The Hall–Kier alpha value is -2.03. The second-order valence-electron chi connectivity index (χ2n) is 5.06. The fourth-order valence-corrected chi connectivity index (χ4v) is 2.51. The molecule has 0 saturated carbocycles. The van der Waals surface area contributed by atoms with Crippen molar-refractivity contribution in [2.45, 2.75) is 13.0 Å². The predicted octanol–water partition coefficient (Wildman–Crippen LogP) is 5.31. The summed E-state index contributed by atoms with van der Waals surface area (Å²) in [6, 6.07) is 19.7. The number of rotatable bonds is 3. The maximum absolute atomic E-state index is 6.29. The van der Waals surface area contributed by atoms with Crippen molar-refractivity contribution in [1.29, 1.82) is 0 Å². The van der Waals surface area contributed by atoms with Gasteiger partial charge in [0.15, 0.2) is 0 Å². The molecule has 0 aliphatic heterocycles. The van der Waals surface area contributed by atoms with E-state index in [0.717, 1.165) is 22.1 Å². The molecular formula is C18H16ClNO. The summed E-state index contributed by atoms with van der Waals surface area (Å²) < 4.78 is 5.98. The Morgan fingerprint density at radius 3 is 2.48 bits per heavy atom. The maximum atomic E-state index is 6.29. The first-order valence-electron chi connectivity index (χ1n) is 6.86. The van der Waals surface area contributed by atoms with E-state index in [1.165, 1.54) is 0 Å². The van der Waals surface area contributed by atoms with Crippen LogP contribution >= 0.6 is 11.6 Å². The van der Waals surface area contributed by atoms with Gasteiger partial charge in [-0.05, 0) is 36.1 Å². The molecule has 0 saturated heterocycles. The van der Waals surface area contributed by atoms with Crippen LogP contribution < -0.4 is 10.5 Å². The van der Waals surface area contributed by atoms with Crippen molar-refractivity contribution in [3.05, 3.63) is 71.2 Å². The molecule has 0 fully saturated rings. The summed E-state index contributed by atoms with van der Waals surface area (Å²) in [6.07, 6.45) is 0. The molecule has 0 spiro atoms. The fourth-order valence-electron chi connectivity index (χ4n) is 2.29. The molecule has 0 aliphatic rings. The first-order valence-corrected chi connectivity index (χ1v) is 7.23. The topological polar surface area (TPSA) is 35.2 Å². The summed E-state index contributed by atoms with van der Waals surface area (Å²) in [5.74, 6) is 1.43. The van der Waals surface area contributed by atoms with Crippen molar-refractivity contribution in [1.82, 2.24) is 0 Å². The second-order valence-corrected chi connectivity index (χ2v) is 5.47. The van der Waals surface area contributed by atoms with E-state index in [9.17, 15) is 0 Å². The highest BCUT2D eigenvalue weighted by molar-refractivity contribution is 6.32. The molecule has 3 heteroatoms. The fraction of sp³-hybridized carbons (Fsp3) is 0.111. The first-order chi connectivity index (χ1) is 10.1. The molecule has 2 nitrogen and oxygen atoms in total. The third-order valence-corrected chi connectivity index (χ3v) is 3.75. The smallest absolute Gasteiger partial charge is 0.146 e. The van der Waals surface area contributed by atoms with Crippen LogP contribution in [0.15, 0.2) is 60.7 Å². The van der Waals surface area contributed by atoms with E-state index in [-0.39, 0.29) is 6.04 Å². The highest BCUT2D eigenvalue weighted by Gasteiger charge is 2.08. The molecule has 21 heavy (non-hydrogen) atoms. The molecule has 3 aromatic rings. The largest absolute Gasteiger partial charge is 0.455 e. The second kappa shape index (κ2) is 5.76. The van der Waals surface area contributed by atoms with E-state index < -0.39 is 0 Å². The molecule has 2 N–H and O–H groups in total. The zero-order valence-electron chi connectivity index (χ0n) is 11.7. The zero-order chi connectivity index (χ0) is 14.8. The molecule has 0 unspecified atom stereocenters. The molecule has 1 atom stereocenters. The summed E-state index contributed by atoms with van der Waals surface area (Å²) >= 11 is 6.29. The van der Waals surface area contributed by atoms with Crippen LogP contribution in [-0.4, -0.2) is 0 Å². The van der Waals surface area contributed by atoms with Gasteiger partial charge in [0.25, 0.3) is 0 Å². The Balaban J connectivity index is 1.99. The van der Waals surface area contributed by atoms with E-state index in [1.54, 1.807) is 0 Å². The van der Waals surface area contributed by atoms with Crippen molar-refractivity contribution in [2.75, 3.05) is 0 Å². The molecule has 106 valence electrons. The van der Waals surface area contributed by atoms with Crippen LogP contribution in [0.1, 0.15) is 18.5 Å². The molecule has 3 rings (SSSR count). The van der Waals surface area contributed by atoms with Gasteiger partial charge in [0.1, 0.15) is 11.5 Å². The van der Waals surface area contributed by atoms with E-state index in [2.05, 4.69) is 12.1 Å². The van der Waals surface area contributed by atoms with E-state index in [1.807, 2.05) is 55.5 Å². The third-order valence-electron chi connectivity index (χ3n) is 3.45. The minimum atomic E-state index is -0.0471. The third kappa shape index (κ3) is 2.87. The lowest BCUT2D eigenvalue weighted by molar-refractivity contribution is 0.488. The van der Waals surface area contributed by atoms with Crippen LogP contribution in [-0.2, 0) is 0 Å². The number of ether oxygens (including phenoxy) is 1. The first kappa shape index (κ1) is 13.9. The number of halogens is 1. The van der Waals surface area contributed by atoms with E-state index >= 15 is 0 Å². The summed E-state index contributed by atoms with van der Waals surface area (Å²) in [7, 11) is 0. The Kier molecular flexibility index (Phi) is 3.82. The minimum Gasteiger partial charge on any atom is -0.455 e. The van der Waals surface area contributed by atoms with Gasteiger partial charge in [-0.15, -0.1) is 0 Å². The van der Waals surface area contributed by atoms with Gasteiger partial charge < -0.3 is 10.5 Å². The number of nitrogens with two attached hydrogens (primary N) is 1. The summed E-state index contributed by atoms with van der Waals surface area (Å²) in [4.78, 5) is 0. The van der Waals surface area contributed by atoms with Crippen molar-refractivity contribution >= 4 is 22.4 Å². The zero-order valence-corrected chi connectivity index (χ0v) is 12.5. The van der Waals surface area contributed by atoms with Gasteiger partial charge in [0, 0.05) is 11.4 Å². The van der Waals surface area contributed by atoms with Gasteiger partial charge in [-0.3, -0.25) is 0 Å². The molecule has 0 bridgehead atoms. The summed E-state index contributed by atoms with van der Waals surface area (Å²) in [5, 5.41) is 2.77. The van der Waals surface area contributed by atoms with Crippen LogP contribution in [0.5, 0.6) is 11.5 Å². The lowest BCUT2D eigenvalue weighted by Gasteiger charge is -2.12. The number of benzene rings is 3. The van der Waals surface area contributed by atoms with Gasteiger partial charge in [-0.1, -0.05) is 54.1 Å². The Morgan fingerprint density at radius 2 is 1.71 bits per heavy atom. The lowest BCUT2D eigenvalue weighted by Crippen LogP contribution is -2.04. The molecule has 0 amide bonds. The normalized spacial score (nSPS) is 12.3. The molecule has 0 radical (unpaired) electrons. The van der Waals surface area contributed by atoms with Crippen LogP contribution in [0.4, 0.5) is 0 Å². The average molecular weight is 298 g/mol. The van der Waals surface area contributed by atoms with Crippen LogP contribution in [0, 0.1) is 0 Å². The van der Waals surface area contributed by atoms with E-state index in [0.29, 0.717) is 10.8 Å². The van der Waals surface area contributed by atoms with Crippen LogP contribution in [0.25, 0.3) is 10.8 Å². The van der Waals surface area contributed by atoms with Crippen molar-refractivity contribution in [3.63, 3.8) is 0 Å². The van der Waals surface area contributed by atoms with Crippen molar-refractivity contribution in [2.24, 2.45) is 5.73 Å². The Bertz CT molecular complexity index is 778. The highest BCUT2D eigenvalue weighted by Crippen LogP contribution is 2.34. The van der Waals surface area contributed by atoms with Gasteiger partial charge >= 0.3 is 0 Å². The SMILES string of the molecule is C[C@@H](N)c1ccc(Oc2cccc3ccccc23)c(Cl)c1. The van der Waals surface area contributed by atoms with Gasteiger partial charge in [0.05, 0.1) is 5.02 Å². The maximum Gasteiger partial charge on any atom is 0.146 e. The van der Waals surface area contributed by atoms with Crippen LogP contribution in [0.3, 0.4) is 0 Å². The van der Waals surface area contributed by atoms with Gasteiger partial charge in [0.2, 0.25) is 0 Å². The molecule has 0 heterocycles. The van der Waals surface area contributed by atoms with Crippen molar-refractivity contribution in [3.8, 4) is 11.5 Å². The number of hydrogen-bond acceptors (Lipinski definition) is 2. The molecule has 0 aliphatic carbocycles. The molecule has 3 aromatic carbocycles. The van der Waals surface area contributed by atoms with Crippen molar-refractivity contribution < 1.29 is 4.74 Å². The quantitative estimate of drug-likeness (QED) is 0.711.